The van der Waals surface area contributed by atoms with E-state index in [1.165, 1.54) is 16.0 Å². The molecular formula is C12H18OS. The van der Waals surface area contributed by atoms with Crippen LogP contribution in [-0.2, 0) is 0 Å². The number of aryl methyl sites for hydroxylation is 2. The average Bonchev–Trinajstić information content (AvgIpc) is 2.05. The molecular weight excluding hydrogens is 192 g/mol. The van der Waals surface area contributed by atoms with Crippen LogP contribution in [0.3, 0.4) is 0 Å². The number of thioether (sulfide) groups is 1. The van der Waals surface area contributed by atoms with Gasteiger partial charge >= 0.3 is 0 Å². The zero-order valence-electron chi connectivity index (χ0n) is 9.29. The van der Waals surface area contributed by atoms with Crippen molar-refractivity contribution in [3.05, 3.63) is 29.3 Å². The molecule has 0 aliphatic carbocycles. The molecule has 1 aromatic carbocycles. The zero-order chi connectivity index (χ0) is 10.8. The second-order valence-electron chi connectivity index (χ2n) is 4.37. The van der Waals surface area contributed by atoms with Gasteiger partial charge < -0.3 is 5.11 Å². The highest BCUT2D eigenvalue weighted by atomic mass is 32.2. The summed E-state index contributed by atoms with van der Waals surface area (Å²) < 4.78 is 0. The number of aliphatic hydroxyl groups is 1. The third-order valence-electron chi connectivity index (χ3n) is 1.92. The van der Waals surface area contributed by atoms with Gasteiger partial charge in [-0.2, -0.15) is 0 Å². The Labute approximate surface area is 90.5 Å². The second kappa shape index (κ2) is 4.37. The number of hydrogen-bond acceptors (Lipinski definition) is 2. The topological polar surface area (TPSA) is 20.2 Å². The Bertz CT molecular complexity index is 313. The third-order valence-corrected chi connectivity index (χ3v) is 3.53. The van der Waals surface area contributed by atoms with Crippen LogP contribution in [0.5, 0.6) is 0 Å². The molecule has 0 fully saturated rings. The molecule has 0 unspecified atom stereocenters. The van der Waals surface area contributed by atoms with Crippen molar-refractivity contribution >= 4 is 11.8 Å². The quantitative estimate of drug-likeness (QED) is 0.773. The lowest BCUT2D eigenvalue weighted by Crippen LogP contribution is -2.21. The fraction of sp³-hybridized carbons (Fsp3) is 0.500. The lowest BCUT2D eigenvalue weighted by molar-refractivity contribution is 0.107. The Hall–Kier alpha value is -0.470. The molecule has 0 saturated heterocycles. The summed E-state index contributed by atoms with van der Waals surface area (Å²) in [5.41, 5.74) is 1.96. The minimum absolute atomic E-state index is 0.596. The molecule has 0 saturated carbocycles. The van der Waals surface area contributed by atoms with Gasteiger partial charge in [0.1, 0.15) is 0 Å². The van der Waals surface area contributed by atoms with Crippen LogP contribution in [-0.4, -0.2) is 16.5 Å². The summed E-state index contributed by atoms with van der Waals surface area (Å²) in [6.07, 6.45) is 0. The van der Waals surface area contributed by atoms with E-state index < -0.39 is 5.60 Å². The van der Waals surface area contributed by atoms with Crippen LogP contribution in [0.25, 0.3) is 0 Å². The molecule has 0 radical (unpaired) electrons. The summed E-state index contributed by atoms with van der Waals surface area (Å²) in [5, 5.41) is 9.62. The van der Waals surface area contributed by atoms with E-state index in [9.17, 15) is 5.11 Å². The van der Waals surface area contributed by atoms with E-state index in [1.54, 1.807) is 11.8 Å². The van der Waals surface area contributed by atoms with Crippen molar-refractivity contribution in [3.8, 4) is 0 Å². The summed E-state index contributed by atoms with van der Waals surface area (Å²) in [7, 11) is 0. The maximum absolute atomic E-state index is 9.62. The molecule has 0 aliphatic rings. The fourth-order valence-corrected chi connectivity index (χ4v) is 2.19. The van der Waals surface area contributed by atoms with Crippen LogP contribution in [0.2, 0.25) is 0 Å². The van der Waals surface area contributed by atoms with Gasteiger partial charge in [-0.3, -0.25) is 0 Å². The van der Waals surface area contributed by atoms with Crippen LogP contribution in [0.15, 0.2) is 23.1 Å². The average molecular weight is 210 g/mol. The molecule has 0 atom stereocenters. The van der Waals surface area contributed by atoms with Gasteiger partial charge in [0.05, 0.1) is 5.60 Å². The maximum atomic E-state index is 9.62. The highest BCUT2D eigenvalue weighted by Crippen LogP contribution is 2.26. The lowest BCUT2D eigenvalue weighted by atomic mass is 10.2. The van der Waals surface area contributed by atoms with Gasteiger partial charge in [-0.25, -0.2) is 0 Å². The minimum atomic E-state index is -0.596. The van der Waals surface area contributed by atoms with Crippen molar-refractivity contribution in [2.24, 2.45) is 0 Å². The number of rotatable bonds is 3. The lowest BCUT2D eigenvalue weighted by Gasteiger charge is -2.17. The highest BCUT2D eigenvalue weighted by molar-refractivity contribution is 7.99. The summed E-state index contributed by atoms with van der Waals surface area (Å²) in [6.45, 7) is 7.87. The molecule has 0 bridgehead atoms. The molecule has 78 valence electrons. The van der Waals surface area contributed by atoms with Crippen LogP contribution in [0.4, 0.5) is 0 Å². The second-order valence-corrected chi connectivity index (χ2v) is 5.39. The van der Waals surface area contributed by atoms with E-state index in [0.29, 0.717) is 0 Å². The molecule has 1 aromatic rings. The van der Waals surface area contributed by atoms with Crippen LogP contribution in [0.1, 0.15) is 25.0 Å². The van der Waals surface area contributed by atoms with E-state index in [1.807, 2.05) is 13.8 Å². The molecule has 1 N–H and O–H groups in total. The van der Waals surface area contributed by atoms with Gasteiger partial charge in [-0.1, -0.05) is 17.7 Å². The molecule has 2 heteroatoms. The van der Waals surface area contributed by atoms with Gasteiger partial charge in [-0.15, -0.1) is 11.8 Å². The molecule has 0 aromatic heterocycles. The largest absolute Gasteiger partial charge is 0.390 e. The fourth-order valence-electron chi connectivity index (χ4n) is 1.12. The van der Waals surface area contributed by atoms with Crippen molar-refractivity contribution in [1.29, 1.82) is 0 Å². The Morgan fingerprint density at radius 1 is 1.29 bits per heavy atom. The molecule has 0 aliphatic heterocycles. The first-order valence-electron chi connectivity index (χ1n) is 4.81. The summed E-state index contributed by atoms with van der Waals surface area (Å²) in [4.78, 5) is 1.27. The molecule has 14 heavy (non-hydrogen) atoms. The predicted octanol–water partition coefficient (Wildman–Crippen LogP) is 3.17. The molecule has 0 spiro atoms. The van der Waals surface area contributed by atoms with Gasteiger partial charge in [-0.05, 0) is 39.3 Å². The van der Waals surface area contributed by atoms with Crippen LogP contribution < -0.4 is 0 Å². The Morgan fingerprint density at radius 2 is 1.93 bits per heavy atom. The zero-order valence-corrected chi connectivity index (χ0v) is 10.1. The smallest absolute Gasteiger partial charge is 0.0685 e. The molecule has 1 nitrogen and oxygen atoms in total. The highest BCUT2D eigenvalue weighted by Gasteiger charge is 2.13. The summed E-state index contributed by atoms with van der Waals surface area (Å²) in [5.74, 6) is 0.733. The van der Waals surface area contributed by atoms with Gasteiger partial charge in [0.15, 0.2) is 0 Å². The van der Waals surface area contributed by atoms with E-state index in [4.69, 9.17) is 0 Å². The third kappa shape index (κ3) is 3.72. The van der Waals surface area contributed by atoms with Gasteiger partial charge in [0.25, 0.3) is 0 Å². The Morgan fingerprint density at radius 3 is 2.50 bits per heavy atom. The van der Waals surface area contributed by atoms with Crippen molar-refractivity contribution in [2.45, 2.75) is 38.2 Å². The Balaban J connectivity index is 2.72. The van der Waals surface area contributed by atoms with Crippen molar-refractivity contribution in [2.75, 3.05) is 5.75 Å². The van der Waals surface area contributed by atoms with E-state index in [2.05, 4.69) is 32.0 Å². The van der Waals surface area contributed by atoms with Crippen molar-refractivity contribution < 1.29 is 5.11 Å². The van der Waals surface area contributed by atoms with E-state index in [0.717, 1.165) is 5.75 Å². The first kappa shape index (κ1) is 11.6. The van der Waals surface area contributed by atoms with Crippen LogP contribution in [0, 0.1) is 13.8 Å². The molecule has 0 amide bonds. The predicted molar refractivity (Wildman–Crippen MR) is 62.9 cm³/mol. The Kier molecular flexibility index (Phi) is 3.62. The molecule has 1 rings (SSSR count). The van der Waals surface area contributed by atoms with Crippen molar-refractivity contribution in [3.63, 3.8) is 0 Å². The monoisotopic (exact) mass is 210 g/mol. The van der Waals surface area contributed by atoms with Gasteiger partial charge in [0.2, 0.25) is 0 Å². The standard InChI is InChI=1S/C12H18OS/c1-9-5-6-10(2)11(7-9)14-8-12(3,4)13/h5-7,13H,8H2,1-4H3. The normalized spacial score (nSPS) is 11.8. The first-order valence-corrected chi connectivity index (χ1v) is 5.79. The van der Waals surface area contributed by atoms with Crippen LogP contribution >= 0.6 is 11.8 Å². The number of benzene rings is 1. The molecule has 0 heterocycles. The summed E-state index contributed by atoms with van der Waals surface area (Å²) in [6, 6.07) is 6.41. The number of hydrogen-bond donors (Lipinski definition) is 1. The minimum Gasteiger partial charge on any atom is -0.390 e. The first-order chi connectivity index (χ1) is 6.38. The van der Waals surface area contributed by atoms with Crippen molar-refractivity contribution in [1.82, 2.24) is 0 Å². The maximum Gasteiger partial charge on any atom is 0.0685 e. The SMILES string of the molecule is Cc1ccc(C)c(SCC(C)(C)O)c1. The van der Waals surface area contributed by atoms with E-state index >= 15 is 0 Å². The van der Waals surface area contributed by atoms with E-state index in [-0.39, 0.29) is 0 Å². The van der Waals surface area contributed by atoms with Gasteiger partial charge in [0, 0.05) is 10.6 Å². The summed E-state index contributed by atoms with van der Waals surface area (Å²) >= 11 is 1.72.